The van der Waals surface area contributed by atoms with Crippen molar-refractivity contribution in [3.63, 3.8) is 0 Å². The number of nitrogens with one attached hydrogen (secondary N) is 1. The van der Waals surface area contributed by atoms with Gasteiger partial charge < -0.3 is 15.2 Å². The van der Waals surface area contributed by atoms with Crippen LogP contribution in [0.2, 0.25) is 0 Å². The van der Waals surface area contributed by atoms with E-state index in [4.69, 9.17) is 4.74 Å². The van der Waals surface area contributed by atoms with E-state index in [0.717, 1.165) is 43.4 Å². The molecule has 2 saturated heterocycles. The Kier molecular flexibility index (Phi) is 6.97. The van der Waals surface area contributed by atoms with Gasteiger partial charge in [0.1, 0.15) is 0 Å². The Labute approximate surface area is 259 Å². The van der Waals surface area contributed by atoms with Crippen molar-refractivity contribution in [1.82, 2.24) is 10.2 Å². The van der Waals surface area contributed by atoms with Gasteiger partial charge in [-0.1, -0.05) is 45.4 Å². The van der Waals surface area contributed by atoms with E-state index in [9.17, 15) is 9.90 Å². The first-order valence-corrected chi connectivity index (χ1v) is 17.9. The summed E-state index contributed by atoms with van der Waals surface area (Å²) in [4.78, 5) is 14.1. The van der Waals surface area contributed by atoms with E-state index in [2.05, 4.69) is 37.1 Å². The van der Waals surface area contributed by atoms with Crippen molar-refractivity contribution in [2.45, 2.75) is 109 Å². The molecular formula is C38H54N2O3. The summed E-state index contributed by atoms with van der Waals surface area (Å²) >= 11 is 0. The summed E-state index contributed by atoms with van der Waals surface area (Å²) in [6, 6.07) is 8.33. The summed E-state index contributed by atoms with van der Waals surface area (Å²) in [5, 5.41) is 13.6. The van der Waals surface area contributed by atoms with Crippen molar-refractivity contribution in [3.05, 3.63) is 41.5 Å². The predicted molar refractivity (Wildman–Crippen MR) is 171 cm³/mol. The van der Waals surface area contributed by atoms with Gasteiger partial charge in [0.15, 0.2) is 0 Å². The maximum absolute atomic E-state index is 11.4. The van der Waals surface area contributed by atoms with Crippen LogP contribution < -0.4 is 5.32 Å². The molecule has 0 radical (unpaired) electrons. The molecule has 11 atom stereocenters. The number of allylic oxidation sites excluding steroid dienone is 2. The normalized spacial score (nSPS) is 46.9. The van der Waals surface area contributed by atoms with Gasteiger partial charge in [0.25, 0.3) is 0 Å². The number of carboxylic acids is 1. The zero-order chi connectivity index (χ0) is 29.6. The van der Waals surface area contributed by atoms with Gasteiger partial charge in [0.2, 0.25) is 0 Å². The third-order valence-electron chi connectivity index (χ3n) is 15.1. The second-order valence-corrected chi connectivity index (χ2v) is 16.6. The fourth-order valence-corrected chi connectivity index (χ4v) is 13.1. The topological polar surface area (TPSA) is 61.8 Å². The number of ether oxygens (including phenoxy) is 1. The third kappa shape index (κ3) is 4.37. The lowest BCUT2D eigenvalue weighted by Crippen LogP contribution is -2.63. The van der Waals surface area contributed by atoms with Crippen molar-refractivity contribution in [2.75, 3.05) is 26.2 Å². The molecule has 0 spiro atoms. The van der Waals surface area contributed by atoms with Crippen LogP contribution in [0.1, 0.15) is 107 Å². The molecule has 234 valence electrons. The van der Waals surface area contributed by atoms with E-state index in [0.29, 0.717) is 45.9 Å². The largest absolute Gasteiger partial charge is 0.478 e. The highest BCUT2D eigenvalue weighted by atomic mass is 16.5. The molecule has 0 amide bonds. The number of benzene rings is 1. The van der Waals surface area contributed by atoms with Crippen molar-refractivity contribution in [1.29, 1.82) is 0 Å². The molecule has 8 rings (SSSR count). The van der Waals surface area contributed by atoms with Gasteiger partial charge in [0.05, 0.1) is 18.3 Å². The van der Waals surface area contributed by atoms with E-state index in [1.54, 1.807) is 12.1 Å². The maximum Gasteiger partial charge on any atom is 0.335 e. The van der Waals surface area contributed by atoms with Crippen LogP contribution in [-0.4, -0.2) is 59.9 Å². The van der Waals surface area contributed by atoms with Gasteiger partial charge >= 0.3 is 5.97 Å². The Bertz CT molecular complexity index is 1280. The Hall–Kier alpha value is -1.69. The minimum Gasteiger partial charge on any atom is -0.478 e. The maximum atomic E-state index is 11.4. The minimum atomic E-state index is -0.843. The number of nitrogens with zero attached hydrogens (tertiary/aromatic N) is 1. The monoisotopic (exact) mass is 586 g/mol. The molecule has 1 aromatic rings. The number of carboxylic acid groups (broad SMARTS) is 1. The molecule has 1 aromatic carbocycles. The number of morpholine rings is 1. The Morgan fingerprint density at radius 1 is 1.00 bits per heavy atom. The standard InChI is InChI=1S/C38H54N2O3/c1-24-29(25-6-8-26(9-7-25)35(41)42)12-16-36(2)31(24)13-17-37(3)32-14-18-38(15-4-5-33(38)30(32)10-11-34(36)37)39-19-20-40-22-28-21-27(40)23-43-28/h6-9,12,24,27-28,30-34,39H,4-5,10-11,13-23H2,1-3H3,(H,41,42)/t24?,27-,28-,30-,31?,32?,33+,34?,36-,37-,38-/m0/s1. The van der Waals surface area contributed by atoms with Crippen molar-refractivity contribution in [3.8, 4) is 0 Å². The number of rotatable bonds is 6. The number of hydrogen-bond acceptors (Lipinski definition) is 4. The molecule has 2 heterocycles. The van der Waals surface area contributed by atoms with Crippen LogP contribution in [0.15, 0.2) is 30.3 Å². The van der Waals surface area contributed by atoms with Crippen LogP contribution in [0.25, 0.3) is 5.57 Å². The van der Waals surface area contributed by atoms with Crippen LogP contribution in [0, 0.1) is 46.3 Å². The van der Waals surface area contributed by atoms with E-state index in [1.807, 2.05) is 12.1 Å². The molecule has 0 aromatic heterocycles. The first-order valence-electron chi connectivity index (χ1n) is 17.9. The lowest BCUT2D eigenvalue weighted by molar-refractivity contribution is -0.164. The highest BCUT2D eigenvalue weighted by Crippen LogP contribution is 2.70. The Morgan fingerprint density at radius 3 is 2.56 bits per heavy atom. The molecule has 2 N–H and O–H groups in total. The quantitative estimate of drug-likeness (QED) is 0.367. The zero-order valence-corrected chi connectivity index (χ0v) is 26.8. The van der Waals surface area contributed by atoms with Crippen LogP contribution >= 0.6 is 0 Å². The predicted octanol–water partition coefficient (Wildman–Crippen LogP) is 7.27. The summed E-state index contributed by atoms with van der Waals surface area (Å²) in [6.07, 6.45) is 18.2. The lowest BCUT2D eigenvalue weighted by Gasteiger charge is -2.67. The molecule has 5 heteroatoms. The second-order valence-electron chi connectivity index (χ2n) is 16.6. The van der Waals surface area contributed by atoms with Gasteiger partial charge in [0, 0.05) is 31.2 Å². The molecule has 4 unspecified atom stereocenters. The van der Waals surface area contributed by atoms with E-state index in [1.165, 1.54) is 88.3 Å². The van der Waals surface area contributed by atoms with E-state index in [-0.39, 0.29) is 0 Å². The fourth-order valence-electron chi connectivity index (χ4n) is 13.1. The average molecular weight is 587 g/mol. The Balaban J connectivity index is 0.984. The summed E-state index contributed by atoms with van der Waals surface area (Å²) in [5.41, 5.74) is 4.28. The fraction of sp³-hybridized carbons (Fsp3) is 0.763. The summed E-state index contributed by atoms with van der Waals surface area (Å²) < 4.78 is 5.86. The number of hydrogen-bond donors (Lipinski definition) is 2. The van der Waals surface area contributed by atoms with Crippen LogP contribution in [-0.2, 0) is 4.74 Å². The first-order chi connectivity index (χ1) is 20.7. The Morgan fingerprint density at radius 2 is 1.81 bits per heavy atom. The number of likely N-dealkylation sites (tertiary alicyclic amines) is 1. The molecule has 7 aliphatic rings. The van der Waals surface area contributed by atoms with Crippen LogP contribution in [0.5, 0.6) is 0 Å². The average Bonchev–Trinajstić information content (AvgIpc) is 3.74. The smallest absolute Gasteiger partial charge is 0.335 e. The second kappa shape index (κ2) is 10.4. The minimum absolute atomic E-state index is 0.364. The third-order valence-corrected chi connectivity index (χ3v) is 15.1. The zero-order valence-electron chi connectivity index (χ0n) is 26.8. The molecule has 2 bridgehead atoms. The van der Waals surface area contributed by atoms with Gasteiger partial charge in [-0.2, -0.15) is 0 Å². The number of aromatic carboxylic acids is 1. The lowest BCUT2D eigenvalue weighted by atomic mass is 9.38. The molecule has 5 nitrogen and oxygen atoms in total. The van der Waals surface area contributed by atoms with Crippen LogP contribution in [0.3, 0.4) is 0 Å². The molecule has 5 aliphatic carbocycles. The van der Waals surface area contributed by atoms with Gasteiger partial charge in [-0.15, -0.1) is 0 Å². The SMILES string of the molecule is CC1C(c2ccc(C(=O)O)cc2)=CC[C@@]2(C)C1CC[C@@]1(C)C3CC[C@@]4(NCCN5C[C@@H]6C[C@H]5CO6)CCC[C@@H]4[C@H]3CCC21. The highest BCUT2D eigenvalue weighted by Gasteiger charge is 2.64. The van der Waals surface area contributed by atoms with Gasteiger partial charge in [-0.05, 0) is 134 Å². The first kappa shape index (κ1) is 28.8. The van der Waals surface area contributed by atoms with E-state index < -0.39 is 5.97 Å². The molecule has 6 fully saturated rings. The van der Waals surface area contributed by atoms with E-state index >= 15 is 0 Å². The van der Waals surface area contributed by atoms with Gasteiger partial charge in [-0.25, -0.2) is 4.79 Å². The van der Waals surface area contributed by atoms with Crippen molar-refractivity contribution >= 4 is 11.5 Å². The highest BCUT2D eigenvalue weighted by molar-refractivity contribution is 5.88. The molecular weight excluding hydrogens is 532 g/mol. The number of carbonyl (C=O) groups is 1. The molecule has 4 saturated carbocycles. The number of fused-ring (bicyclic) bond motifs is 9. The summed E-state index contributed by atoms with van der Waals surface area (Å²) in [5.74, 6) is 3.86. The molecule has 43 heavy (non-hydrogen) atoms. The van der Waals surface area contributed by atoms with Crippen molar-refractivity contribution < 1.29 is 14.6 Å². The van der Waals surface area contributed by atoms with Crippen LogP contribution in [0.4, 0.5) is 0 Å². The van der Waals surface area contributed by atoms with Gasteiger partial charge in [-0.3, -0.25) is 4.90 Å². The summed E-state index contributed by atoms with van der Waals surface area (Å²) in [7, 11) is 0. The molecule has 2 aliphatic heterocycles. The summed E-state index contributed by atoms with van der Waals surface area (Å²) in [6.45, 7) is 12.3. The van der Waals surface area contributed by atoms with Crippen molar-refractivity contribution in [2.24, 2.45) is 46.3 Å².